The predicted octanol–water partition coefficient (Wildman–Crippen LogP) is 0.600. The van der Waals surface area contributed by atoms with Gasteiger partial charge >= 0.3 is 0 Å². The van der Waals surface area contributed by atoms with E-state index in [0.717, 1.165) is 36.6 Å². The zero-order chi connectivity index (χ0) is 19.2. The van der Waals surface area contributed by atoms with E-state index in [1.54, 1.807) is 17.8 Å². The van der Waals surface area contributed by atoms with Gasteiger partial charge in [0.2, 0.25) is 0 Å². The number of aromatic nitrogens is 5. The van der Waals surface area contributed by atoms with Gasteiger partial charge in [-0.25, -0.2) is 4.99 Å². The van der Waals surface area contributed by atoms with Crippen LogP contribution in [0.3, 0.4) is 0 Å². The predicted molar refractivity (Wildman–Crippen MR) is 101 cm³/mol. The molecular formula is C17H30N8O. The van der Waals surface area contributed by atoms with Crippen LogP contribution in [-0.2, 0) is 26.2 Å². The number of hydrogen-bond donors (Lipinski definition) is 3. The van der Waals surface area contributed by atoms with Crippen LogP contribution in [0.4, 0.5) is 0 Å². The first-order valence-corrected chi connectivity index (χ1v) is 8.92. The highest BCUT2D eigenvalue weighted by molar-refractivity contribution is 5.79. The summed E-state index contributed by atoms with van der Waals surface area (Å²) < 4.78 is 3.59. The normalized spacial score (nSPS) is 14.3. The second-order valence-corrected chi connectivity index (χ2v) is 6.70. The topological polar surface area (TPSA) is 105 Å². The maximum absolute atomic E-state index is 10.7. The van der Waals surface area contributed by atoms with Crippen molar-refractivity contribution < 1.29 is 5.11 Å². The van der Waals surface area contributed by atoms with Crippen LogP contribution < -0.4 is 10.6 Å². The van der Waals surface area contributed by atoms with Gasteiger partial charge < -0.3 is 20.3 Å². The fourth-order valence-electron chi connectivity index (χ4n) is 2.35. The zero-order valence-corrected chi connectivity index (χ0v) is 16.3. The van der Waals surface area contributed by atoms with Gasteiger partial charge in [-0.3, -0.25) is 4.68 Å². The van der Waals surface area contributed by atoms with Crippen molar-refractivity contribution in [1.29, 1.82) is 0 Å². The van der Waals surface area contributed by atoms with Gasteiger partial charge in [-0.15, -0.1) is 10.2 Å². The van der Waals surface area contributed by atoms with E-state index in [4.69, 9.17) is 0 Å². The molecule has 0 aliphatic carbocycles. The summed E-state index contributed by atoms with van der Waals surface area (Å²) in [5.41, 5.74) is -0.299. The number of rotatable bonds is 8. The summed E-state index contributed by atoms with van der Waals surface area (Å²) in [5.74, 6) is 2.28. The molecule has 26 heavy (non-hydrogen) atoms. The van der Waals surface area contributed by atoms with Crippen LogP contribution in [0.5, 0.6) is 0 Å². The summed E-state index contributed by atoms with van der Waals surface area (Å²) in [6, 6.07) is 0. The summed E-state index contributed by atoms with van der Waals surface area (Å²) in [6.45, 7) is 7.34. The summed E-state index contributed by atoms with van der Waals surface area (Å²) in [4.78, 5) is 4.58. The monoisotopic (exact) mass is 362 g/mol. The average molecular weight is 362 g/mol. The average Bonchev–Trinajstić information content (AvgIpc) is 3.17. The largest absolute Gasteiger partial charge is 0.383 e. The molecule has 9 heteroatoms. The second kappa shape index (κ2) is 8.79. The minimum atomic E-state index is -1.05. The van der Waals surface area contributed by atoms with Gasteiger partial charge in [0, 0.05) is 32.4 Å². The van der Waals surface area contributed by atoms with Gasteiger partial charge in [0.05, 0.1) is 12.7 Å². The number of unbranched alkanes of at least 4 members (excludes halogenated alkanes) is 1. The van der Waals surface area contributed by atoms with Crippen molar-refractivity contribution in [2.24, 2.45) is 19.1 Å². The lowest BCUT2D eigenvalue weighted by Crippen LogP contribution is -2.44. The highest BCUT2D eigenvalue weighted by Gasteiger charge is 2.25. The molecule has 0 bridgehead atoms. The lowest BCUT2D eigenvalue weighted by atomic mass is 10.00. The Morgan fingerprint density at radius 2 is 2.08 bits per heavy atom. The Morgan fingerprint density at radius 3 is 2.65 bits per heavy atom. The summed E-state index contributed by atoms with van der Waals surface area (Å²) >= 11 is 0. The first-order chi connectivity index (χ1) is 12.3. The smallest absolute Gasteiger partial charge is 0.191 e. The molecule has 0 aromatic carbocycles. The molecule has 2 aromatic heterocycles. The minimum absolute atomic E-state index is 0.314. The summed E-state index contributed by atoms with van der Waals surface area (Å²) in [5, 5.41) is 29.5. The quantitative estimate of drug-likeness (QED) is 0.361. The SMILES string of the molecule is CCCCNC(=NCc1nnc(C)n1C)NCC(C)(O)c1cnn(C)c1. The van der Waals surface area contributed by atoms with Crippen LogP contribution in [0.2, 0.25) is 0 Å². The number of guanidine groups is 1. The summed E-state index contributed by atoms with van der Waals surface area (Å²) in [7, 11) is 3.75. The van der Waals surface area contributed by atoms with Crippen LogP contribution in [0, 0.1) is 6.92 Å². The standard InChI is InChI=1S/C17H30N8O/c1-6-7-8-18-16(19-10-15-23-22-13(2)25(15)5)20-12-17(3,26)14-9-21-24(4)11-14/h9,11,26H,6-8,10,12H2,1-5H3,(H2,18,19,20). The Morgan fingerprint density at radius 1 is 1.31 bits per heavy atom. The Kier molecular flexibility index (Phi) is 6.73. The van der Waals surface area contributed by atoms with E-state index in [2.05, 4.69) is 37.8 Å². The van der Waals surface area contributed by atoms with Crippen molar-refractivity contribution in [1.82, 2.24) is 35.2 Å². The molecule has 2 rings (SSSR count). The molecule has 2 aromatic rings. The van der Waals surface area contributed by atoms with E-state index in [9.17, 15) is 5.11 Å². The molecule has 0 saturated carbocycles. The van der Waals surface area contributed by atoms with E-state index in [0.29, 0.717) is 19.0 Å². The van der Waals surface area contributed by atoms with Gasteiger partial charge in [0.15, 0.2) is 11.8 Å². The highest BCUT2D eigenvalue weighted by Crippen LogP contribution is 2.18. The van der Waals surface area contributed by atoms with Crippen LogP contribution >= 0.6 is 0 Å². The molecule has 144 valence electrons. The molecule has 2 heterocycles. The Balaban J connectivity index is 2.03. The third kappa shape index (κ3) is 5.29. The van der Waals surface area contributed by atoms with Crippen LogP contribution in [0.1, 0.15) is 43.9 Å². The lowest BCUT2D eigenvalue weighted by Gasteiger charge is -2.24. The highest BCUT2D eigenvalue weighted by atomic mass is 16.3. The third-order valence-electron chi connectivity index (χ3n) is 4.31. The van der Waals surface area contributed by atoms with Crippen molar-refractivity contribution in [3.63, 3.8) is 0 Å². The molecular weight excluding hydrogens is 332 g/mol. The number of aryl methyl sites for hydroxylation is 2. The van der Waals surface area contributed by atoms with Crippen molar-refractivity contribution in [3.8, 4) is 0 Å². The van der Waals surface area contributed by atoms with E-state index < -0.39 is 5.60 Å². The van der Waals surface area contributed by atoms with Crippen LogP contribution in [-0.4, -0.2) is 48.7 Å². The molecule has 1 atom stereocenters. The lowest BCUT2D eigenvalue weighted by molar-refractivity contribution is 0.0616. The van der Waals surface area contributed by atoms with Gasteiger partial charge in [0.1, 0.15) is 18.0 Å². The number of nitrogens with zero attached hydrogens (tertiary/aromatic N) is 6. The number of nitrogens with one attached hydrogen (secondary N) is 2. The molecule has 0 aliphatic rings. The van der Waals surface area contributed by atoms with Gasteiger partial charge in [-0.1, -0.05) is 13.3 Å². The molecule has 9 nitrogen and oxygen atoms in total. The van der Waals surface area contributed by atoms with Gasteiger partial charge in [-0.05, 0) is 20.3 Å². The number of hydrogen-bond acceptors (Lipinski definition) is 5. The molecule has 0 aliphatic heterocycles. The second-order valence-electron chi connectivity index (χ2n) is 6.70. The van der Waals surface area contributed by atoms with Crippen molar-refractivity contribution in [2.75, 3.05) is 13.1 Å². The maximum atomic E-state index is 10.7. The van der Waals surface area contributed by atoms with E-state index in [1.807, 2.05) is 31.8 Å². The minimum Gasteiger partial charge on any atom is -0.383 e. The molecule has 0 amide bonds. The van der Waals surface area contributed by atoms with Crippen molar-refractivity contribution >= 4 is 5.96 Å². The molecule has 0 radical (unpaired) electrons. The van der Waals surface area contributed by atoms with E-state index in [1.165, 1.54) is 0 Å². The first kappa shape index (κ1) is 19.9. The van der Waals surface area contributed by atoms with Gasteiger partial charge in [0.25, 0.3) is 0 Å². The Hall–Kier alpha value is -2.42. The first-order valence-electron chi connectivity index (χ1n) is 8.92. The molecule has 1 unspecified atom stereocenters. The molecule has 3 N–H and O–H groups in total. The number of aliphatic hydroxyl groups is 1. The molecule has 0 fully saturated rings. The number of aliphatic imine (C=N–C) groups is 1. The summed E-state index contributed by atoms with van der Waals surface area (Å²) in [6.07, 6.45) is 5.62. The van der Waals surface area contributed by atoms with E-state index >= 15 is 0 Å². The maximum Gasteiger partial charge on any atom is 0.191 e. The Labute approximate surface area is 154 Å². The van der Waals surface area contributed by atoms with Gasteiger partial charge in [-0.2, -0.15) is 5.10 Å². The fourth-order valence-corrected chi connectivity index (χ4v) is 2.35. The third-order valence-corrected chi connectivity index (χ3v) is 4.31. The van der Waals surface area contributed by atoms with Crippen molar-refractivity contribution in [3.05, 3.63) is 29.6 Å². The molecule has 0 spiro atoms. The zero-order valence-electron chi connectivity index (χ0n) is 16.3. The van der Waals surface area contributed by atoms with E-state index in [-0.39, 0.29) is 0 Å². The molecule has 0 saturated heterocycles. The van der Waals surface area contributed by atoms with Crippen molar-refractivity contribution in [2.45, 2.75) is 45.8 Å². The van der Waals surface area contributed by atoms with Crippen LogP contribution in [0.25, 0.3) is 0 Å². The van der Waals surface area contributed by atoms with Crippen LogP contribution in [0.15, 0.2) is 17.4 Å². The fraction of sp³-hybridized carbons (Fsp3) is 0.647. The Bertz CT molecular complexity index is 731.